The number of anilines is 3. The molecular formula is C36H50N6O5S. The second kappa shape index (κ2) is 20.0. The fourth-order valence-corrected chi connectivity index (χ4v) is 4.77. The fraction of sp³-hybridized carbons (Fsp3) is 0.389. The smallest absolute Gasteiger partial charge is 0.337 e. The average molecular weight is 679 g/mol. The molecule has 0 saturated heterocycles. The first kappa shape index (κ1) is 39.6. The van der Waals surface area contributed by atoms with Crippen molar-refractivity contribution in [1.29, 1.82) is 0 Å². The zero-order valence-corrected chi connectivity index (χ0v) is 30.0. The van der Waals surface area contributed by atoms with Crippen LogP contribution in [0.25, 0.3) is 5.76 Å². The Hall–Kier alpha value is -4.55. The Labute approximate surface area is 290 Å². The quantitative estimate of drug-likeness (QED) is 0.0648. The van der Waals surface area contributed by atoms with Crippen LogP contribution < -0.4 is 20.4 Å². The lowest BCUT2D eigenvalue weighted by atomic mass is 10.0. The molecular weight excluding hydrogens is 629 g/mol. The Morgan fingerprint density at radius 3 is 2.27 bits per heavy atom. The van der Waals surface area contributed by atoms with Crippen LogP contribution in [-0.2, 0) is 14.3 Å². The molecule has 0 aliphatic rings. The first-order valence-corrected chi connectivity index (χ1v) is 16.8. The Balaban J connectivity index is 0.00000392. The van der Waals surface area contributed by atoms with Gasteiger partial charge < -0.3 is 30.1 Å². The predicted octanol–water partition coefficient (Wildman–Crippen LogP) is 6.80. The van der Waals surface area contributed by atoms with E-state index in [0.717, 1.165) is 17.5 Å². The van der Waals surface area contributed by atoms with Crippen LogP contribution in [0.2, 0.25) is 0 Å². The second-order valence-electron chi connectivity index (χ2n) is 11.1. The zero-order valence-electron chi connectivity index (χ0n) is 29.1. The molecule has 1 aromatic heterocycles. The Morgan fingerprint density at radius 1 is 1.02 bits per heavy atom. The van der Waals surface area contributed by atoms with E-state index < -0.39 is 18.5 Å². The molecule has 0 aliphatic carbocycles. The Morgan fingerprint density at radius 2 is 1.67 bits per heavy atom. The molecule has 260 valence electrons. The third-order valence-electron chi connectivity index (χ3n) is 7.33. The van der Waals surface area contributed by atoms with E-state index in [2.05, 4.69) is 46.4 Å². The average Bonchev–Trinajstić information content (AvgIpc) is 3.08. The fourth-order valence-electron chi connectivity index (χ4n) is 4.77. The van der Waals surface area contributed by atoms with E-state index in [-0.39, 0.29) is 23.8 Å². The van der Waals surface area contributed by atoms with Crippen molar-refractivity contribution in [2.75, 3.05) is 41.5 Å². The molecule has 12 heteroatoms. The van der Waals surface area contributed by atoms with Crippen molar-refractivity contribution in [3.05, 3.63) is 96.6 Å². The minimum Gasteiger partial charge on any atom is -0.478 e. The number of para-hydroxylation sites is 1. The van der Waals surface area contributed by atoms with E-state index in [1.54, 1.807) is 31.5 Å². The number of hydrogen-bond acceptors (Lipinski definition) is 10. The first-order valence-electron chi connectivity index (χ1n) is 15.9. The number of thiol groups is 1. The summed E-state index contributed by atoms with van der Waals surface area (Å²) in [7, 11) is 1.57. The zero-order chi connectivity index (χ0) is 35.8. The van der Waals surface area contributed by atoms with Gasteiger partial charge in [-0.1, -0.05) is 76.4 Å². The summed E-state index contributed by atoms with van der Waals surface area (Å²) in [5.41, 5.74) is 1.87. The largest absolute Gasteiger partial charge is 0.478 e. The molecule has 3 rings (SSSR count). The van der Waals surface area contributed by atoms with Crippen LogP contribution in [-0.4, -0.2) is 65.9 Å². The number of rotatable bonds is 18. The minimum absolute atomic E-state index is 0.0299. The lowest BCUT2D eigenvalue weighted by molar-refractivity contribution is -0.153. The molecule has 2 unspecified atom stereocenters. The van der Waals surface area contributed by atoms with Gasteiger partial charge in [0.15, 0.2) is 0 Å². The summed E-state index contributed by atoms with van der Waals surface area (Å²) < 4.78 is 13.2. The molecule has 1 amide bonds. The van der Waals surface area contributed by atoms with Crippen LogP contribution >= 0.6 is 12.6 Å². The molecule has 2 atom stereocenters. The summed E-state index contributed by atoms with van der Waals surface area (Å²) in [6.45, 7) is 19.2. The highest BCUT2D eigenvalue weighted by Crippen LogP contribution is 2.30. The predicted molar refractivity (Wildman–Crippen MR) is 197 cm³/mol. The summed E-state index contributed by atoms with van der Waals surface area (Å²) >= 11 is 3.53. The van der Waals surface area contributed by atoms with Crippen molar-refractivity contribution >= 4 is 47.6 Å². The van der Waals surface area contributed by atoms with Crippen molar-refractivity contribution in [2.24, 2.45) is 5.92 Å². The number of carbonyl (C=O) groups excluding carboxylic acids is 1. The molecule has 0 radical (unpaired) electrons. The first-order chi connectivity index (χ1) is 23.0. The number of aromatic nitrogens is 2. The number of aromatic carboxylic acids is 1. The summed E-state index contributed by atoms with van der Waals surface area (Å²) in [5, 5.41) is 16.0. The van der Waals surface area contributed by atoms with E-state index in [4.69, 9.17) is 9.47 Å². The van der Waals surface area contributed by atoms with Gasteiger partial charge in [-0.25, -0.2) is 14.8 Å². The second-order valence-corrected chi connectivity index (χ2v) is 11.1. The van der Waals surface area contributed by atoms with Gasteiger partial charge in [0.05, 0.1) is 29.6 Å². The number of ether oxygens (including phenoxy) is 2. The number of nitrogens with one attached hydrogen (secondary N) is 2. The van der Waals surface area contributed by atoms with Gasteiger partial charge in [-0.15, -0.1) is 0 Å². The van der Waals surface area contributed by atoms with Crippen molar-refractivity contribution in [3.63, 3.8) is 0 Å². The third-order valence-corrected chi connectivity index (χ3v) is 7.33. The molecule has 2 aromatic carbocycles. The number of benzene rings is 2. The highest BCUT2D eigenvalue weighted by atomic mass is 32.1. The molecule has 0 spiro atoms. The van der Waals surface area contributed by atoms with Gasteiger partial charge in [-0.2, -0.15) is 12.6 Å². The summed E-state index contributed by atoms with van der Waals surface area (Å²) in [6, 6.07) is 15.9. The number of amides is 1. The van der Waals surface area contributed by atoms with Gasteiger partial charge in [0.1, 0.15) is 23.7 Å². The van der Waals surface area contributed by atoms with Crippen molar-refractivity contribution in [3.8, 4) is 0 Å². The van der Waals surface area contributed by atoms with Crippen LogP contribution in [0.4, 0.5) is 17.3 Å². The van der Waals surface area contributed by atoms with E-state index in [9.17, 15) is 14.7 Å². The Kier molecular flexibility index (Phi) is 16.5. The minimum atomic E-state index is -1.11. The molecule has 1 heterocycles. The lowest BCUT2D eigenvalue weighted by Crippen LogP contribution is -2.45. The summed E-state index contributed by atoms with van der Waals surface area (Å²) in [5.74, 6) is 0.617. The number of carboxylic acids is 1. The molecule has 0 fully saturated rings. The van der Waals surface area contributed by atoms with E-state index in [0.29, 0.717) is 42.0 Å². The molecule has 48 heavy (non-hydrogen) atoms. The topological polar surface area (TPSA) is 129 Å². The number of carboxylic acid groups (broad SMARTS) is 1. The van der Waals surface area contributed by atoms with E-state index >= 15 is 0 Å². The monoisotopic (exact) mass is 678 g/mol. The SMILES string of the molecule is C=C(NCC)Nc1ncnc(N(CCC)C(OC(=C)c2ccccc2)OC(CC(=O)N(C)c2ccccc2C(=O)O)C(C)C)c1C.CS. The normalized spacial score (nSPS) is 11.8. The summed E-state index contributed by atoms with van der Waals surface area (Å²) in [6.07, 6.45) is 2.22. The molecule has 3 aromatic rings. The molecule has 0 aliphatic heterocycles. The molecule has 0 bridgehead atoms. The third kappa shape index (κ3) is 11.0. The maximum atomic E-state index is 13.6. The van der Waals surface area contributed by atoms with Gasteiger partial charge in [-0.05, 0) is 44.6 Å². The van der Waals surface area contributed by atoms with Crippen LogP contribution in [0, 0.1) is 12.8 Å². The van der Waals surface area contributed by atoms with Gasteiger partial charge in [0.25, 0.3) is 6.41 Å². The molecule has 3 N–H and O–H groups in total. The molecule has 0 saturated carbocycles. The van der Waals surface area contributed by atoms with Gasteiger partial charge in [0, 0.05) is 31.3 Å². The molecule has 11 nitrogen and oxygen atoms in total. The Bertz CT molecular complexity index is 1500. The van der Waals surface area contributed by atoms with Crippen LogP contribution in [0.15, 0.2) is 79.9 Å². The standard InChI is InChI=1S/C35H46N6O5.CH4S/c1-9-20-41(33-24(5)32(37-22-38-33)39-26(7)36-10-2)35(45-25(6)27-16-12-11-13-17-27)46-30(23(3)4)21-31(42)40(8)29-19-15-14-18-28(29)34(43)44;1-2/h11-19,22-23,30,35-36H,6-7,9-10,20-21H2,1-5,8H3,(H,43,44)(H,37,38,39);2H,1H3. The lowest BCUT2D eigenvalue weighted by Gasteiger charge is -2.37. The van der Waals surface area contributed by atoms with Gasteiger partial charge in [0.2, 0.25) is 5.91 Å². The van der Waals surface area contributed by atoms with E-state index in [1.165, 1.54) is 17.3 Å². The number of carbonyl (C=O) groups is 2. The summed E-state index contributed by atoms with van der Waals surface area (Å²) in [4.78, 5) is 37.8. The highest BCUT2D eigenvalue weighted by Gasteiger charge is 2.32. The van der Waals surface area contributed by atoms with Crippen molar-refractivity contribution < 1.29 is 24.2 Å². The van der Waals surface area contributed by atoms with Gasteiger partial charge in [-0.3, -0.25) is 9.69 Å². The highest BCUT2D eigenvalue weighted by molar-refractivity contribution is 7.79. The van der Waals surface area contributed by atoms with Crippen LogP contribution in [0.3, 0.4) is 0 Å². The maximum absolute atomic E-state index is 13.6. The van der Waals surface area contributed by atoms with Crippen molar-refractivity contribution in [2.45, 2.75) is 60.0 Å². The number of hydrogen-bond donors (Lipinski definition) is 4. The van der Waals surface area contributed by atoms with Crippen LogP contribution in [0.1, 0.15) is 62.0 Å². The van der Waals surface area contributed by atoms with E-state index in [1.807, 2.05) is 69.9 Å². The van der Waals surface area contributed by atoms with Gasteiger partial charge >= 0.3 is 5.97 Å². The maximum Gasteiger partial charge on any atom is 0.337 e. The number of nitrogens with zero attached hydrogens (tertiary/aromatic N) is 4. The van der Waals surface area contributed by atoms with Crippen LogP contribution in [0.5, 0.6) is 0 Å². The van der Waals surface area contributed by atoms with Crippen molar-refractivity contribution in [1.82, 2.24) is 15.3 Å².